The Morgan fingerprint density at radius 3 is 3.11 bits per heavy atom. The summed E-state index contributed by atoms with van der Waals surface area (Å²) in [6.45, 7) is 0.228. The van der Waals surface area contributed by atoms with E-state index in [1.54, 1.807) is 12.3 Å². The molecule has 4 N–H and O–H groups in total. The summed E-state index contributed by atoms with van der Waals surface area (Å²) < 4.78 is 0. The summed E-state index contributed by atoms with van der Waals surface area (Å²) in [7, 11) is 0. The molecular formula is C13H19N3O2. The lowest BCUT2D eigenvalue weighted by Crippen LogP contribution is -2.25. The highest BCUT2D eigenvalue weighted by molar-refractivity contribution is 5.91. The number of nitrogens with two attached hydrogens (primary N) is 1. The fourth-order valence-corrected chi connectivity index (χ4v) is 2.61. The van der Waals surface area contributed by atoms with Crippen LogP contribution in [0.2, 0.25) is 0 Å². The first kappa shape index (κ1) is 12.8. The van der Waals surface area contributed by atoms with Crippen LogP contribution < -0.4 is 11.1 Å². The van der Waals surface area contributed by atoms with Crippen LogP contribution in [0.1, 0.15) is 36.2 Å². The van der Waals surface area contributed by atoms with E-state index in [0.717, 1.165) is 24.9 Å². The van der Waals surface area contributed by atoms with Gasteiger partial charge in [-0.15, -0.1) is 0 Å². The number of hydrogen-bond donors (Lipinski definition) is 3. The number of carbonyl (C=O) groups is 1. The summed E-state index contributed by atoms with van der Waals surface area (Å²) in [5, 5.41) is 12.4. The molecule has 1 saturated carbocycles. The van der Waals surface area contributed by atoms with Crippen molar-refractivity contribution in [1.29, 1.82) is 0 Å². The number of amides is 1. The molecule has 0 bridgehead atoms. The Morgan fingerprint density at radius 1 is 1.56 bits per heavy atom. The molecule has 1 amide bonds. The van der Waals surface area contributed by atoms with Gasteiger partial charge in [-0.1, -0.05) is 6.42 Å². The van der Waals surface area contributed by atoms with Gasteiger partial charge in [-0.25, -0.2) is 0 Å². The molecule has 0 radical (unpaired) electrons. The quantitative estimate of drug-likeness (QED) is 0.730. The second-order valence-electron chi connectivity index (χ2n) is 4.75. The van der Waals surface area contributed by atoms with Crippen molar-refractivity contribution in [2.45, 2.75) is 31.7 Å². The molecule has 1 aliphatic carbocycles. The fourth-order valence-electron chi connectivity index (χ4n) is 2.61. The Hall–Kier alpha value is -1.62. The topological polar surface area (TPSA) is 88.2 Å². The zero-order chi connectivity index (χ0) is 13.0. The maximum absolute atomic E-state index is 11.1. The molecule has 0 saturated heterocycles. The van der Waals surface area contributed by atoms with Gasteiger partial charge < -0.3 is 16.2 Å². The van der Waals surface area contributed by atoms with E-state index in [1.165, 1.54) is 6.42 Å². The van der Waals surface area contributed by atoms with Gasteiger partial charge in [0, 0.05) is 24.5 Å². The average molecular weight is 249 g/mol. The minimum atomic E-state index is -0.517. The van der Waals surface area contributed by atoms with Crippen LogP contribution in [0.5, 0.6) is 0 Å². The molecule has 0 aliphatic heterocycles. The number of hydrogen-bond acceptors (Lipinski definition) is 4. The summed E-state index contributed by atoms with van der Waals surface area (Å²) in [4.78, 5) is 15.0. The molecule has 5 heteroatoms. The van der Waals surface area contributed by atoms with Gasteiger partial charge in [-0.2, -0.15) is 0 Å². The average Bonchev–Trinajstić information content (AvgIpc) is 2.77. The van der Waals surface area contributed by atoms with E-state index in [1.807, 2.05) is 6.07 Å². The minimum Gasteiger partial charge on any atom is -0.396 e. The van der Waals surface area contributed by atoms with Gasteiger partial charge in [0.05, 0.1) is 0 Å². The highest BCUT2D eigenvalue weighted by atomic mass is 16.3. The van der Waals surface area contributed by atoms with Gasteiger partial charge in [-0.05, 0) is 37.3 Å². The standard InChI is InChI=1S/C13H19N3O2/c14-13(18)12-8-10(4-6-15-12)16-11-3-1-2-9(11)5-7-17/h4,6,8-9,11,17H,1-3,5,7H2,(H2,14,18)(H,15,16). The lowest BCUT2D eigenvalue weighted by atomic mass is 10.00. The fraction of sp³-hybridized carbons (Fsp3) is 0.538. The molecule has 2 rings (SSSR count). The molecule has 1 fully saturated rings. The Bertz CT molecular complexity index is 422. The summed E-state index contributed by atoms with van der Waals surface area (Å²) in [5.74, 6) is -0.0165. The Balaban J connectivity index is 2.04. The van der Waals surface area contributed by atoms with E-state index >= 15 is 0 Å². The van der Waals surface area contributed by atoms with Crippen LogP contribution in [-0.2, 0) is 0 Å². The predicted molar refractivity (Wildman–Crippen MR) is 69.2 cm³/mol. The lowest BCUT2D eigenvalue weighted by molar-refractivity contribution is 0.0995. The highest BCUT2D eigenvalue weighted by Crippen LogP contribution is 2.30. The van der Waals surface area contributed by atoms with Crippen molar-refractivity contribution in [1.82, 2.24) is 4.98 Å². The maximum Gasteiger partial charge on any atom is 0.267 e. The summed E-state index contributed by atoms with van der Waals surface area (Å²) >= 11 is 0. The zero-order valence-corrected chi connectivity index (χ0v) is 10.3. The molecule has 1 aromatic rings. The number of aliphatic hydroxyl groups excluding tert-OH is 1. The van der Waals surface area contributed by atoms with Crippen molar-refractivity contribution in [2.24, 2.45) is 11.7 Å². The largest absolute Gasteiger partial charge is 0.396 e. The van der Waals surface area contributed by atoms with Crippen LogP contribution in [-0.4, -0.2) is 28.6 Å². The summed E-state index contributed by atoms with van der Waals surface area (Å²) in [6.07, 6.45) is 5.82. The number of pyridine rings is 1. The molecule has 1 heterocycles. The van der Waals surface area contributed by atoms with E-state index in [2.05, 4.69) is 10.3 Å². The van der Waals surface area contributed by atoms with Crippen molar-refractivity contribution >= 4 is 11.6 Å². The van der Waals surface area contributed by atoms with Gasteiger partial charge in [0.2, 0.25) is 0 Å². The third-order valence-corrected chi connectivity index (χ3v) is 3.52. The van der Waals surface area contributed by atoms with Crippen molar-refractivity contribution < 1.29 is 9.90 Å². The molecule has 98 valence electrons. The number of anilines is 1. The molecule has 0 aromatic carbocycles. The first-order chi connectivity index (χ1) is 8.70. The van der Waals surface area contributed by atoms with Crippen LogP contribution in [0.15, 0.2) is 18.3 Å². The van der Waals surface area contributed by atoms with Crippen LogP contribution in [0, 0.1) is 5.92 Å². The number of aliphatic hydroxyl groups is 1. The Labute approximate surface area is 106 Å². The molecule has 2 atom stereocenters. The third-order valence-electron chi connectivity index (χ3n) is 3.52. The normalized spacial score (nSPS) is 22.9. The molecule has 2 unspecified atom stereocenters. The van der Waals surface area contributed by atoms with Gasteiger partial charge in [-0.3, -0.25) is 9.78 Å². The molecule has 18 heavy (non-hydrogen) atoms. The monoisotopic (exact) mass is 249 g/mol. The smallest absolute Gasteiger partial charge is 0.267 e. The minimum absolute atomic E-state index is 0.228. The first-order valence-electron chi connectivity index (χ1n) is 6.34. The van der Waals surface area contributed by atoms with E-state index in [-0.39, 0.29) is 12.3 Å². The van der Waals surface area contributed by atoms with Gasteiger partial charge >= 0.3 is 0 Å². The number of carbonyl (C=O) groups excluding carboxylic acids is 1. The SMILES string of the molecule is NC(=O)c1cc(NC2CCCC2CCO)ccn1. The lowest BCUT2D eigenvalue weighted by Gasteiger charge is -2.21. The van der Waals surface area contributed by atoms with Crippen molar-refractivity contribution in [3.63, 3.8) is 0 Å². The summed E-state index contributed by atoms with van der Waals surface area (Å²) in [6, 6.07) is 3.87. The van der Waals surface area contributed by atoms with Crippen LogP contribution >= 0.6 is 0 Å². The first-order valence-corrected chi connectivity index (χ1v) is 6.34. The highest BCUT2D eigenvalue weighted by Gasteiger charge is 2.26. The number of primary amides is 1. The van der Waals surface area contributed by atoms with Gasteiger partial charge in [0.1, 0.15) is 5.69 Å². The Morgan fingerprint density at radius 2 is 2.39 bits per heavy atom. The molecule has 1 aromatic heterocycles. The maximum atomic E-state index is 11.1. The number of nitrogens with one attached hydrogen (secondary N) is 1. The van der Waals surface area contributed by atoms with E-state index < -0.39 is 5.91 Å². The molecule has 1 aliphatic rings. The van der Waals surface area contributed by atoms with Crippen LogP contribution in [0.25, 0.3) is 0 Å². The van der Waals surface area contributed by atoms with Crippen LogP contribution in [0.3, 0.4) is 0 Å². The predicted octanol–water partition coefficient (Wildman–Crippen LogP) is 1.14. The Kier molecular flexibility index (Phi) is 4.15. The molecular weight excluding hydrogens is 230 g/mol. The van der Waals surface area contributed by atoms with Crippen molar-refractivity contribution in [3.8, 4) is 0 Å². The van der Waals surface area contributed by atoms with Gasteiger partial charge in [0.25, 0.3) is 5.91 Å². The van der Waals surface area contributed by atoms with E-state index in [0.29, 0.717) is 12.0 Å². The number of rotatable bonds is 5. The molecule has 5 nitrogen and oxygen atoms in total. The van der Waals surface area contributed by atoms with E-state index in [4.69, 9.17) is 10.8 Å². The second-order valence-corrected chi connectivity index (χ2v) is 4.75. The zero-order valence-electron chi connectivity index (χ0n) is 10.3. The van der Waals surface area contributed by atoms with Crippen LogP contribution in [0.4, 0.5) is 5.69 Å². The molecule has 0 spiro atoms. The van der Waals surface area contributed by atoms with Crippen molar-refractivity contribution in [3.05, 3.63) is 24.0 Å². The number of nitrogens with zero attached hydrogens (tertiary/aromatic N) is 1. The van der Waals surface area contributed by atoms with Crippen molar-refractivity contribution in [2.75, 3.05) is 11.9 Å². The summed E-state index contributed by atoms with van der Waals surface area (Å²) in [5.41, 5.74) is 6.35. The van der Waals surface area contributed by atoms with Gasteiger partial charge in [0.15, 0.2) is 0 Å². The van der Waals surface area contributed by atoms with E-state index in [9.17, 15) is 4.79 Å². The second kappa shape index (κ2) is 5.82. The number of aromatic nitrogens is 1. The third kappa shape index (κ3) is 2.98.